The molecule has 1 aliphatic rings. The predicted octanol–water partition coefficient (Wildman–Crippen LogP) is 3.97. The standard InChI is InChI=1S/C22H36O4/c1-17-10-8-12-20(2,3)18(17)11-15-21(4,23)13-9-14-22(5,24)16-19(25-6)26-7/h11,15,19,23-24H,8,10,12-13,16H2,1-7H3/b15-11+/t21-,22-/m0/s1. The van der Waals surface area contributed by atoms with E-state index in [0.717, 1.165) is 12.8 Å². The summed E-state index contributed by atoms with van der Waals surface area (Å²) in [7, 11) is 3.05. The maximum atomic E-state index is 10.6. The number of hydrogen-bond donors (Lipinski definition) is 2. The second-order valence-electron chi connectivity index (χ2n) is 8.48. The topological polar surface area (TPSA) is 58.9 Å². The van der Waals surface area contributed by atoms with Crippen molar-refractivity contribution in [3.05, 3.63) is 23.3 Å². The molecule has 4 nitrogen and oxygen atoms in total. The highest BCUT2D eigenvalue weighted by Gasteiger charge is 2.28. The molecule has 0 radical (unpaired) electrons. The first kappa shape index (κ1) is 22.9. The van der Waals surface area contributed by atoms with Crippen molar-refractivity contribution in [1.82, 2.24) is 0 Å². The van der Waals surface area contributed by atoms with Crippen LogP contribution in [0.25, 0.3) is 0 Å². The van der Waals surface area contributed by atoms with Crippen LogP contribution in [-0.4, -0.2) is 41.9 Å². The van der Waals surface area contributed by atoms with E-state index in [1.807, 2.05) is 6.08 Å². The number of ether oxygens (including phenoxy) is 2. The molecular formula is C22H36O4. The smallest absolute Gasteiger partial charge is 0.160 e. The fourth-order valence-electron chi connectivity index (χ4n) is 3.38. The largest absolute Gasteiger partial charge is 0.385 e. The van der Waals surface area contributed by atoms with Crippen LogP contribution >= 0.6 is 0 Å². The number of hydrogen-bond acceptors (Lipinski definition) is 4. The van der Waals surface area contributed by atoms with Gasteiger partial charge in [-0.15, -0.1) is 0 Å². The Kier molecular flexibility index (Phi) is 8.10. The predicted molar refractivity (Wildman–Crippen MR) is 106 cm³/mol. The number of aliphatic hydroxyl groups is 2. The Morgan fingerprint density at radius 3 is 2.38 bits per heavy atom. The van der Waals surface area contributed by atoms with Crippen LogP contribution in [0.3, 0.4) is 0 Å². The molecular weight excluding hydrogens is 328 g/mol. The van der Waals surface area contributed by atoms with Crippen LogP contribution in [0, 0.1) is 17.3 Å². The molecule has 0 aliphatic heterocycles. The first-order valence-electron chi connectivity index (χ1n) is 9.32. The van der Waals surface area contributed by atoms with Crippen molar-refractivity contribution in [3.8, 4) is 11.8 Å². The van der Waals surface area contributed by atoms with Gasteiger partial charge in [-0.25, -0.2) is 0 Å². The van der Waals surface area contributed by atoms with Crippen molar-refractivity contribution >= 4 is 0 Å². The lowest BCUT2D eigenvalue weighted by Gasteiger charge is -2.33. The molecule has 0 saturated carbocycles. The van der Waals surface area contributed by atoms with Crippen molar-refractivity contribution in [2.75, 3.05) is 14.2 Å². The molecule has 0 amide bonds. The van der Waals surface area contributed by atoms with Crippen molar-refractivity contribution in [2.45, 2.75) is 84.2 Å². The maximum absolute atomic E-state index is 10.6. The quantitative estimate of drug-likeness (QED) is 0.530. The van der Waals surface area contributed by atoms with Gasteiger partial charge in [0.05, 0.1) is 5.60 Å². The van der Waals surface area contributed by atoms with Crippen LogP contribution in [-0.2, 0) is 9.47 Å². The molecule has 0 bridgehead atoms. The fourth-order valence-corrected chi connectivity index (χ4v) is 3.38. The highest BCUT2D eigenvalue weighted by Crippen LogP contribution is 2.41. The monoisotopic (exact) mass is 364 g/mol. The van der Waals surface area contributed by atoms with Gasteiger partial charge < -0.3 is 19.7 Å². The van der Waals surface area contributed by atoms with Crippen LogP contribution in [0.1, 0.15) is 66.7 Å². The summed E-state index contributed by atoms with van der Waals surface area (Å²) >= 11 is 0. The number of rotatable bonds is 7. The van der Waals surface area contributed by atoms with Gasteiger partial charge >= 0.3 is 0 Å². The third-order valence-electron chi connectivity index (χ3n) is 5.05. The minimum Gasteiger partial charge on any atom is -0.385 e. The lowest BCUT2D eigenvalue weighted by atomic mass is 9.72. The van der Waals surface area contributed by atoms with E-state index in [1.54, 1.807) is 13.8 Å². The van der Waals surface area contributed by atoms with Gasteiger partial charge in [0.15, 0.2) is 6.29 Å². The zero-order valence-corrected chi connectivity index (χ0v) is 17.5. The van der Waals surface area contributed by atoms with E-state index >= 15 is 0 Å². The Morgan fingerprint density at radius 1 is 1.23 bits per heavy atom. The molecule has 0 heterocycles. The normalized spacial score (nSPS) is 22.1. The van der Waals surface area contributed by atoms with E-state index in [2.05, 4.69) is 38.7 Å². The van der Waals surface area contributed by atoms with Crippen molar-refractivity contribution in [2.24, 2.45) is 5.41 Å². The first-order valence-corrected chi connectivity index (χ1v) is 9.32. The molecule has 26 heavy (non-hydrogen) atoms. The highest BCUT2D eigenvalue weighted by molar-refractivity contribution is 5.34. The van der Waals surface area contributed by atoms with Crippen LogP contribution in [0.15, 0.2) is 23.3 Å². The molecule has 0 aromatic heterocycles. The van der Waals surface area contributed by atoms with Crippen LogP contribution in [0.2, 0.25) is 0 Å². The molecule has 2 atom stereocenters. The van der Waals surface area contributed by atoms with Gasteiger partial charge in [-0.1, -0.05) is 43.4 Å². The van der Waals surface area contributed by atoms with Crippen LogP contribution in [0.5, 0.6) is 0 Å². The van der Waals surface area contributed by atoms with Crippen molar-refractivity contribution < 1.29 is 19.7 Å². The third-order valence-corrected chi connectivity index (χ3v) is 5.05. The van der Waals surface area contributed by atoms with Gasteiger partial charge in [-0.2, -0.15) is 0 Å². The van der Waals surface area contributed by atoms with E-state index in [1.165, 1.54) is 31.8 Å². The van der Waals surface area contributed by atoms with Crippen LogP contribution in [0.4, 0.5) is 0 Å². The van der Waals surface area contributed by atoms with Gasteiger partial charge in [0.1, 0.15) is 5.60 Å². The zero-order chi connectivity index (χ0) is 20.0. The fraction of sp³-hybridized carbons (Fsp3) is 0.727. The van der Waals surface area contributed by atoms with E-state index in [0.29, 0.717) is 0 Å². The molecule has 0 saturated heterocycles. The number of methoxy groups -OCH3 is 2. The highest BCUT2D eigenvalue weighted by atomic mass is 16.7. The molecule has 4 heteroatoms. The average Bonchev–Trinajstić information content (AvgIpc) is 2.51. The summed E-state index contributed by atoms with van der Waals surface area (Å²) < 4.78 is 10.2. The molecule has 148 valence electrons. The Bertz CT molecular complexity index is 581. The summed E-state index contributed by atoms with van der Waals surface area (Å²) in [5.41, 5.74) is 0.561. The molecule has 1 aliphatic carbocycles. The van der Waals surface area contributed by atoms with Crippen molar-refractivity contribution in [1.29, 1.82) is 0 Å². The Labute approximate surface area is 159 Å². The molecule has 2 N–H and O–H groups in total. The second kappa shape index (κ2) is 9.19. The van der Waals surface area contributed by atoms with Gasteiger partial charge in [-0.3, -0.25) is 0 Å². The van der Waals surface area contributed by atoms with Gasteiger partial charge in [-0.05, 0) is 51.0 Å². The number of allylic oxidation sites excluding steroid dienone is 3. The lowest BCUT2D eigenvalue weighted by molar-refractivity contribution is -0.129. The summed E-state index contributed by atoms with van der Waals surface area (Å²) in [6.45, 7) is 10.0. The minimum absolute atomic E-state index is 0.138. The zero-order valence-electron chi connectivity index (χ0n) is 17.5. The molecule has 0 spiro atoms. The second-order valence-corrected chi connectivity index (χ2v) is 8.48. The summed E-state index contributed by atoms with van der Waals surface area (Å²) in [5.74, 6) is 5.73. The summed E-state index contributed by atoms with van der Waals surface area (Å²) in [6.07, 6.45) is 7.36. The van der Waals surface area contributed by atoms with E-state index in [4.69, 9.17) is 9.47 Å². The first-order chi connectivity index (χ1) is 11.9. The summed E-state index contributed by atoms with van der Waals surface area (Å²) in [4.78, 5) is 0. The van der Waals surface area contributed by atoms with Gasteiger partial charge in [0.25, 0.3) is 0 Å². The summed E-state index contributed by atoms with van der Waals surface area (Å²) in [6, 6.07) is 0. The molecule has 1 rings (SSSR count). The Hall–Kier alpha value is -1.12. The van der Waals surface area contributed by atoms with Crippen LogP contribution < -0.4 is 0 Å². The summed E-state index contributed by atoms with van der Waals surface area (Å²) in [5, 5.41) is 21.0. The van der Waals surface area contributed by atoms with Gasteiger partial charge in [0, 0.05) is 27.1 Å². The molecule has 0 aromatic rings. The SMILES string of the molecule is COC(C[C@@](C)(O)C#CC[C@](C)(O)/C=C/C1=C(C)CCCC1(C)C)OC. The molecule has 0 unspecified atom stereocenters. The average molecular weight is 365 g/mol. The van der Waals surface area contributed by atoms with E-state index < -0.39 is 17.5 Å². The molecule has 0 aromatic carbocycles. The third kappa shape index (κ3) is 7.25. The van der Waals surface area contributed by atoms with E-state index in [-0.39, 0.29) is 18.3 Å². The minimum atomic E-state index is -1.24. The van der Waals surface area contributed by atoms with E-state index in [9.17, 15) is 10.2 Å². The molecule has 0 fully saturated rings. The lowest BCUT2D eigenvalue weighted by Crippen LogP contribution is -2.30. The van der Waals surface area contributed by atoms with Crippen molar-refractivity contribution in [3.63, 3.8) is 0 Å². The maximum Gasteiger partial charge on any atom is 0.160 e. The van der Waals surface area contributed by atoms with Gasteiger partial charge in [0.2, 0.25) is 0 Å². The Morgan fingerprint density at radius 2 is 1.85 bits per heavy atom. The Balaban J connectivity index is 2.78.